The van der Waals surface area contributed by atoms with Crippen molar-refractivity contribution in [3.63, 3.8) is 0 Å². The Balaban J connectivity index is 2.87. The third kappa shape index (κ3) is 4.60. The van der Waals surface area contributed by atoms with Gasteiger partial charge in [-0.15, -0.1) is 0 Å². The van der Waals surface area contributed by atoms with E-state index in [1.54, 1.807) is 0 Å². The van der Waals surface area contributed by atoms with Gasteiger partial charge in [0.15, 0.2) is 0 Å². The summed E-state index contributed by atoms with van der Waals surface area (Å²) in [7, 11) is 0. The molecule has 1 atom stereocenters. The van der Waals surface area contributed by atoms with Crippen molar-refractivity contribution in [1.82, 2.24) is 5.32 Å². The van der Waals surface area contributed by atoms with Crippen LogP contribution in [0.3, 0.4) is 0 Å². The maximum Gasteiger partial charge on any atom is 0.138 e. The maximum atomic E-state index is 5.68. The highest BCUT2D eigenvalue weighted by Crippen LogP contribution is 2.33. The molecule has 0 heterocycles. The summed E-state index contributed by atoms with van der Waals surface area (Å²) in [5.41, 5.74) is 1.17. The van der Waals surface area contributed by atoms with Crippen LogP contribution in [0.2, 0.25) is 0 Å². The fourth-order valence-corrected chi connectivity index (χ4v) is 2.91. The lowest BCUT2D eigenvalue weighted by molar-refractivity contribution is 0.332. The van der Waals surface area contributed by atoms with E-state index >= 15 is 0 Å². The van der Waals surface area contributed by atoms with Crippen molar-refractivity contribution in [2.75, 3.05) is 6.61 Å². The van der Waals surface area contributed by atoms with Crippen molar-refractivity contribution < 1.29 is 4.74 Å². The van der Waals surface area contributed by atoms with Gasteiger partial charge in [-0.05, 0) is 48.3 Å². The van der Waals surface area contributed by atoms with Gasteiger partial charge >= 0.3 is 0 Å². The monoisotopic (exact) mass is 363 g/mol. The normalized spacial score (nSPS) is 12.5. The molecule has 96 valence electrons. The highest BCUT2D eigenvalue weighted by atomic mass is 79.9. The van der Waals surface area contributed by atoms with Crippen LogP contribution < -0.4 is 10.1 Å². The van der Waals surface area contributed by atoms with Crippen molar-refractivity contribution in [2.24, 2.45) is 0 Å². The van der Waals surface area contributed by atoms with Crippen molar-refractivity contribution in [1.29, 1.82) is 0 Å². The minimum Gasteiger partial charge on any atom is -0.492 e. The van der Waals surface area contributed by atoms with Crippen molar-refractivity contribution >= 4 is 31.9 Å². The molecule has 1 N–H and O–H groups in total. The number of rotatable bonds is 6. The molecule has 1 rings (SSSR count). The third-order valence-electron chi connectivity index (χ3n) is 2.63. The smallest absolute Gasteiger partial charge is 0.138 e. The van der Waals surface area contributed by atoms with Gasteiger partial charge in [-0.25, -0.2) is 0 Å². The summed E-state index contributed by atoms with van der Waals surface area (Å²) in [6.07, 6.45) is 1.12. The first kappa shape index (κ1) is 15.0. The molecule has 0 aliphatic rings. The molecule has 1 aromatic rings. The molecule has 0 aliphatic carbocycles. The molecule has 0 radical (unpaired) electrons. The van der Waals surface area contributed by atoms with E-state index in [0.717, 1.165) is 27.7 Å². The van der Waals surface area contributed by atoms with Crippen LogP contribution in [0.25, 0.3) is 0 Å². The minimum absolute atomic E-state index is 0.516. The van der Waals surface area contributed by atoms with E-state index in [1.165, 1.54) is 5.56 Å². The zero-order chi connectivity index (χ0) is 12.8. The number of benzene rings is 1. The zero-order valence-electron chi connectivity index (χ0n) is 10.5. The van der Waals surface area contributed by atoms with Gasteiger partial charge in [0.1, 0.15) is 5.75 Å². The Bertz CT molecular complexity index is 369. The molecule has 2 nitrogen and oxygen atoms in total. The van der Waals surface area contributed by atoms with Crippen LogP contribution in [0.4, 0.5) is 0 Å². The number of halogens is 2. The lowest BCUT2D eigenvalue weighted by atomic mass is 10.1. The van der Waals surface area contributed by atoms with Crippen molar-refractivity contribution in [2.45, 2.75) is 39.8 Å². The molecule has 0 amide bonds. The number of hydrogen-bond donors (Lipinski definition) is 1. The van der Waals surface area contributed by atoms with Gasteiger partial charge in [0.25, 0.3) is 0 Å². The second kappa shape index (κ2) is 7.39. The van der Waals surface area contributed by atoms with Gasteiger partial charge in [-0.2, -0.15) is 0 Å². The summed E-state index contributed by atoms with van der Waals surface area (Å²) in [6.45, 7) is 7.87. The lowest BCUT2D eigenvalue weighted by Gasteiger charge is -2.16. The van der Waals surface area contributed by atoms with E-state index in [-0.39, 0.29) is 0 Å². The molecule has 0 aromatic heterocycles. The summed E-state index contributed by atoms with van der Waals surface area (Å²) < 4.78 is 7.74. The SMILES string of the molecule is CCOc1c(Br)cc(Br)cc1CN[C@@H](C)CC. The van der Waals surface area contributed by atoms with Crippen LogP contribution in [0.1, 0.15) is 32.8 Å². The van der Waals surface area contributed by atoms with Crippen LogP contribution in [-0.2, 0) is 6.54 Å². The molecule has 0 fully saturated rings. The summed E-state index contributed by atoms with van der Waals surface area (Å²) in [5.74, 6) is 0.937. The Morgan fingerprint density at radius 2 is 2.00 bits per heavy atom. The molecular weight excluding hydrogens is 346 g/mol. The van der Waals surface area contributed by atoms with Crippen LogP contribution in [0.15, 0.2) is 21.1 Å². The van der Waals surface area contributed by atoms with E-state index in [1.807, 2.05) is 13.0 Å². The first-order chi connectivity index (χ1) is 8.08. The molecule has 0 spiro atoms. The molecule has 0 unspecified atom stereocenters. The molecule has 0 bridgehead atoms. The van der Waals surface area contributed by atoms with Crippen LogP contribution in [-0.4, -0.2) is 12.6 Å². The largest absolute Gasteiger partial charge is 0.492 e. The van der Waals surface area contributed by atoms with E-state index < -0.39 is 0 Å². The maximum absolute atomic E-state index is 5.68. The third-order valence-corrected chi connectivity index (χ3v) is 3.67. The van der Waals surface area contributed by atoms with E-state index in [2.05, 4.69) is 57.1 Å². The first-order valence-electron chi connectivity index (χ1n) is 5.92. The molecule has 0 saturated heterocycles. The number of hydrogen-bond acceptors (Lipinski definition) is 2. The molecule has 17 heavy (non-hydrogen) atoms. The highest BCUT2D eigenvalue weighted by molar-refractivity contribution is 9.11. The molecule has 4 heteroatoms. The fraction of sp³-hybridized carbons (Fsp3) is 0.538. The van der Waals surface area contributed by atoms with Crippen LogP contribution in [0.5, 0.6) is 5.75 Å². The Labute approximate surface area is 120 Å². The minimum atomic E-state index is 0.516. The van der Waals surface area contributed by atoms with Gasteiger partial charge in [0.2, 0.25) is 0 Å². The summed E-state index contributed by atoms with van der Waals surface area (Å²) in [4.78, 5) is 0. The zero-order valence-corrected chi connectivity index (χ0v) is 13.7. The Morgan fingerprint density at radius 1 is 1.29 bits per heavy atom. The first-order valence-corrected chi connectivity index (χ1v) is 7.51. The van der Waals surface area contributed by atoms with Gasteiger partial charge in [-0.1, -0.05) is 22.9 Å². The van der Waals surface area contributed by atoms with Crippen molar-refractivity contribution in [3.05, 3.63) is 26.6 Å². The Kier molecular flexibility index (Phi) is 6.52. The van der Waals surface area contributed by atoms with Crippen molar-refractivity contribution in [3.8, 4) is 5.75 Å². The quantitative estimate of drug-likeness (QED) is 0.802. The lowest BCUT2D eigenvalue weighted by Crippen LogP contribution is -2.24. The van der Waals surface area contributed by atoms with Crippen LogP contribution >= 0.6 is 31.9 Å². The summed E-state index contributed by atoms with van der Waals surface area (Å²) >= 11 is 7.05. The van der Waals surface area contributed by atoms with E-state index in [9.17, 15) is 0 Å². The average Bonchev–Trinajstić information content (AvgIpc) is 2.29. The Morgan fingerprint density at radius 3 is 2.59 bits per heavy atom. The van der Waals surface area contributed by atoms with Crippen LogP contribution in [0, 0.1) is 0 Å². The predicted octanol–water partition coefficient (Wildman–Crippen LogP) is 4.50. The molecule has 0 aliphatic heterocycles. The molecular formula is C13H19Br2NO. The number of nitrogens with one attached hydrogen (secondary N) is 1. The topological polar surface area (TPSA) is 21.3 Å². The summed E-state index contributed by atoms with van der Waals surface area (Å²) in [5, 5.41) is 3.48. The molecule has 0 saturated carbocycles. The summed E-state index contributed by atoms with van der Waals surface area (Å²) in [6, 6.07) is 4.63. The standard InChI is InChI=1S/C13H19Br2NO/c1-4-9(3)16-8-10-6-11(14)7-12(15)13(10)17-5-2/h6-7,9,16H,4-5,8H2,1-3H3/t9-/m0/s1. The second-order valence-corrected chi connectivity index (χ2v) is 5.77. The van der Waals surface area contributed by atoms with Gasteiger partial charge in [-0.3, -0.25) is 0 Å². The fourth-order valence-electron chi connectivity index (χ4n) is 1.48. The predicted molar refractivity (Wildman–Crippen MR) is 79.6 cm³/mol. The van der Waals surface area contributed by atoms with Gasteiger partial charge < -0.3 is 10.1 Å². The average molecular weight is 365 g/mol. The van der Waals surface area contributed by atoms with E-state index in [0.29, 0.717) is 12.6 Å². The van der Waals surface area contributed by atoms with E-state index in [4.69, 9.17) is 4.74 Å². The van der Waals surface area contributed by atoms with Gasteiger partial charge in [0, 0.05) is 22.6 Å². The Hall–Kier alpha value is -0.0600. The molecule has 1 aromatic carbocycles. The van der Waals surface area contributed by atoms with Gasteiger partial charge in [0.05, 0.1) is 11.1 Å². The highest BCUT2D eigenvalue weighted by Gasteiger charge is 2.10. The number of ether oxygens (including phenoxy) is 1. The second-order valence-electron chi connectivity index (χ2n) is 4.00.